The second-order valence-electron chi connectivity index (χ2n) is 8.32. The van der Waals surface area contributed by atoms with Crippen LogP contribution in [0.2, 0.25) is 0 Å². The van der Waals surface area contributed by atoms with Gasteiger partial charge < -0.3 is 14.6 Å². The lowest BCUT2D eigenvalue weighted by Gasteiger charge is -2.23. The quantitative estimate of drug-likeness (QED) is 0.142. The first kappa shape index (κ1) is 26.0. The summed E-state index contributed by atoms with van der Waals surface area (Å²) < 4.78 is 25.4. The molecule has 2 heterocycles. The predicted octanol–water partition coefficient (Wildman–Crippen LogP) is 5.18. The van der Waals surface area contributed by atoms with Gasteiger partial charge in [-0.25, -0.2) is 14.2 Å². The van der Waals surface area contributed by atoms with Crippen molar-refractivity contribution >= 4 is 39.9 Å². The number of ketones is 1. The number of nitrogens with zero attached hydrogens (tertiary/aromatic N) is 2. The summed E-state index contributed by atoms with van der Waals surface area (Å²) in [6.45, 7) is 4.15. The molecule has 0 bridgehead atoms. The molecule has 1 N–H and O–H groups in total. The van der Waals surface area contributed by atoms with E-state index in [1.807, 2.05) is 0 Å². The van der Waals surface area contributed by atoms with Crippen LogP contribution in [-0.2, 0) is 14.3 Å². The van der Waals surface area contributed by atoms with Crippen molar-refractivity contribution in [1.29, 1.82) is 0 Å². The van der Waals surface area contributed by atoms with Crippen LogP contribution in [0.1, 0.15) is 52.3 Å². The Morgan fingerprint density at radius 3 is 2.51 bits per heavy atom. The molecule has 0 radical (unpaired) electrons. The molecule has 1 aromatic heterocycles. The number of hydrogen-bond donors (Lipinski definition) is 1. The summed E-state index contributed by atoms with van der Waals surface area (Å²) in [6.07, 6.45) is 1.87. The third-order valence-corrected chi connectivity index (χ3v) is 7.04. The van der Waals surface area contributed by atoms with Gasteiger partial charge in [-0.05, 0) is 43.7 Å². The lowest BCUT2D eigenvalue weighted by atomic mass is 9.95. The van der Waals surface area contributed by atoms with E-state index in [9.17, 15) is 19.5 Å². The van der Waals surface area contributed by atoms with Gasteiger partial charge in [0.05, 0.1) is 25.0 Å². The maximum Gasteiger partial charge on any atom is 0.350 e. The van der Waals surface area contributed by atoms with E-state index in [-0.39, 0.29) is 26.7 Å². The van der Waals surface area contributed by atoms with E-state index in [1.54, 1.807) is 37.3 Å². The average Bonchev–Trinajstić information content (AvgIpc) is 3.40. The molecule has 10 heteroatoms. The van der Waals surface area contributed by atoms with Crippen molar-refractivity contribution in [2.45, 2.75) is 32.7 Å². The smallest absolute Gasteiger partial charge is 0.350 e. The lowest BCUT2D eigenvalue weighted by molar-refractivity contribution is -0.132. The van der Waals surface area contributed by atoms with Crippen LogP contribution >= 0.6 is 11.3 Å². The number of hydrogen-bond acceptors (Lipinski definition) is 8. The minimum Gasteiger partial charge on any atom is -0.507 e. The van der Waals surface area contributed by atoms with Gasteiger partial charge in [0.25, 0.3) is 5.78 Å². The van der Waals surface area contributed by atoms with Crippen LogP contribution < -0.4 is 9.64 Å². The summed E-state index contributed by atoms with van der Waals surface area (Å²) in [6, 6.07) is 10.8. The normalized spacial score (nSPS) is 16.8. The fraction of sp³-hybridized carbons (Fsp3) is 0.259. The Kier molecular flexibility index (Phi) is 7.68. The van der Waals surface area contributed by atoms with Gasteiger partial charge in [-0.1, -0.05) is 42.9 Å². The number of aliphatic hydroxyl groups excluding tert-OH is 1. The van der Waals surface area contributed by atoms with E-state index in [1.165, 1.54) is 25.3 Å². The van der Waals surface area contributed by atoms with E-state index in [0.717, 1.165) is 29.1 Å². The zero-order chi connectivity index (χ0) is 26.7. The number of ether oxygens (including phenoxy) is 2. The number of aryl methyl sites for hydroxylation is 1. The SMILES string of the molecule is CCCCOc1ccc(/C(O)=C2/C(=O)C(=O)N(c3nc(C)c(C(=O)OC)s3)C2c2ccccc2F)cc1. The van der Waals surface area contributed by atoms with Crippen molar-refractivity contribution in [2.75, 3.05) is 18.6 Å². The number of unbranched alkanes of at least 4 members (excludes halogenated alkanes) is 1. The van der Waals surface area contributed by atoms with Crippen LogP contribution in [0.3, 0.4) is 0 Å². The number of halogens is 1. The number of Topliss-reactive ketones (excluding diaryl/α,β-unsaturated/α-hetero) is 1. The molecule has 4 rings (SSSR count). The summed E-state index contributed by atoms with van der Waals surface area (Å²) in [7, 11) is 1.22. The number of esters is 1. The van der Waals surface area contributed by atoms with Crippen LogP contribution in [-0.4, -0.2) is 41.5 Å². The van der Waals surface area contributed by atoms with Gasteiger partial charge in [-0.2, -0.15) is 0 Å². The van der Waals surface area contributed by atoms with Crippen LogP contribution in [0.25, 0.3) is 5.76 Å². The molecule has 1 aliphatic heterocycles. The van der Waals surface area contributed by atoms with E-state index in [2.05, 4.69) is 11.9 Å². The van der Waals surface area contributed by atoms with Gasteiger partial charge in [0, 0.05) is 11.1 Å². The highest BCUT2D eigenvalue weighted by atomic mass is 32.1. The number of rotatable bonds is 8. The number of methoxy groups -OCH3 is 1. The molecule has 0 saturated carbocycles. The molecule has 1 atom stereocenters. The van der Waals surface area contributed by atoms with Crippen molar-refractivity contribution in [3.8, 4) is 5.75 Å². The molecule has 1 amide bonds. The lowest BCUT2D eigenvalue weighted by Crippen LogP contribution is -2.29. The number of aromatic nitrogens is 1. The summed E-state index contributed by atoms with van der Waals surface area (Å²) in [4.78, 5) is 44.1. The number of anilines is 1. The molecule has 1 saturated heterocycles. The van der Waals surface area contributed by atoms with Crippen LogP contribution in [0.5, 0.6) is 5.75 Å². The molecule has 0 aliphatic carbocycles. The molecule has 2 aromatic carbocycles. The number of amides is 1. The Labute approximate surface area is 217 Å². The molecule has 1 aliphatic rings. The average molecular weight is 525 g/mol. The van der Waals surface area contributed by atoms with E-state index in [4.69, 9.17) is 9.47 Å². The van der Waals surface area contributed by atoms with E-state index < -0.39 is 35.3 Å². The summed E-state index contributed by atoms with van der Waals surface area (Å²) in [5.41, 5.74) is 0.255. The van der Waals surface area contributed by atoms with Crippen LogP contribution in [0.4, 0.5) is 9.52 Å². The first-order chi connectivity index (χ1) is 17.8. The van der Waals surface area contributed by atoms with Gasteiger partial charge in [0.2, 0.25) is 0 Å². The Morgan fingerprint density at radius 2 is 1.86 bits per heavy atom. The number of benzene rings is 2. The van der Waals surface area contributed by atoms with Gasteiger partial charge in [0.1, 0.15) is 28.2 Å². The highest BCUT2D eigenvalue weighted by Crippen LogP contribution is 2.44. The highest BCUT2D eigenvalue weighted by molar-refractivity contribution is 7.17. The monoisotopic (exact) mass is 524 g/mol. The van der Waals surface area contributed by atoms with Gasteiger partial charge in [-0.15, -0.1) is 0 Å². The van der Waals surface area contributed by atoms with Crippen molar-refractivity contribution in [3.05, 3.63) is 81.6 Å². The number of aliphatic hydroxyl groups is 1. The number of thiazole rings is 1. The topological polar surface area (TPSA) is 106 Å². The molecule has 3 aromatic rings. The van der Waals surface area contributed by atoms with Crippen LogP contribution in [0, 0.1) is 12.7 Å². The zero-order valence-electron chi connectivity index (χ0n) is 20.5. The van der Waals surface area contributed by atoms with Crippen molar-refractivity contribution < 1.29 is 33.4 Å². The minimum absolute atomic E-state index is 0.00441. The van der Waals surface area contributed by atoms with Crippen molar-refractivity contribution in [1.82, 2.24) is 4.98 Å². The molecule has 192 valence electrons. The summed E-state index contributed by atoms with van der Waals surface area (Å²) >= 11 is 0.844. The maximum atomic E-state index is 15.0. The van der Waals surface area contributed by atoms with E-state index >= 15 is 4.39 Å². The largest absolute Gasteiger partial charge is 0.507 e. The Morgan fingerprint density at radius 1 is 1.16 bits per heavy atom. The Hall–Kier alpha value is -4.05. The molecular weight excluding hydrogens is 499 g/mol. The summed E-state index contributed by atoms with van der Waals surface area (Å²) in [5, 5.41) is 11.2. The molecule has 1 unspecified atom stereocenters. The first-order valence-electron chi connectivity index (χ1n) is 11.6. The van der Waals surface area contributed by atoms with Gasteiger partial charge in [0.15, 0.2) is 5.13 Å². The molecule has 1 fully saturated rings. The number of carbonyl (C=O) groups excluding carboxylic acids is 3. The summed E-state index contributed by atoms with van der Waals surface area (Å²) in [5.74, 6) is -3.20. The fourth-order valence-electron chi connectivity index (χ4n) is 3.99. The molecule has 37 heavy (non-hydrogen) atoms. The van der Waals surface area contributed by atoms with Gasteiger partial charge in [-0.3, -0.25) is 14.5 Å². The molecule has 0 spiro atoms. The second kappa shape index (κ2) is 10.9. The Bertz CT molecular complexity index is 1380. The second-order valence-corrected chi connectivity index (χ2v) is 9.30. The Balaban J connectivity index is 1.83. The zero-order valence-corrected chi connectivity index (χ0v) is 21.3. The van der Waals surface area contributed by atoms with Crippen molar-refractivity contribution in [2.24, 2.45) is 0 Å². The van der Waals surface area contributed by atoms with E-state index in [0.29, 0.717) is 18.1 Å². The maximum absolute atomic E-state index is 15.0. The van der Waals surface area contributed by atoms with Crippen LogP contribution in [0.15, 0.2) is 54.1 Å². The molecule has 8 nitrogen and oxygen atoms in total. The standard InChI is InChI=1S/C27H25FN2O6S/c1-4-5-14-36-17-12-10-16(11-13-17)22(31)20-21(18-8-6-7-9-19(18)28)30(25(33)23(20)32)27-29-15(2)24(37-27)26(34)35-3/h6-13,21,31H,4-5,14H2,1-3H3/b22-20-. The number of carbonyl (C=O) groups is 3. The third kappa shape index (κ3) is 4.97. The third-order valence-electron chi connectivity index (χ3n) is 5.90. The predicted molar refractivity (Wildman–Crippen MR) is 136 cm³/mol. The van der Waals surface area contributed by atoms with Gasteiger partial charge >= 0.3 is 11.9 Å². The molecular formula is C27H25FN2O6S. The minimum atomic E-state index is -1.31. The van der Waals surface area contributed by atoms with Crippen molar-refractivity contribution in [3.63, 3.8) is 0 Å². The fourth-order valence-corrected chi connectivity index (χ4v) is 5.00. The highest BCUT2D eigenvalue weighted by Gasteiger charge is 2.49. The first-order valence-corrected chi connectivity index (χ1v) is 12.4.